The van der Waals surface area contributed by atoms with Crippen LogP contribution in [0.4, 0.5) is 21.7 Å². The van der Waals surface area contributed by atoms with Crippen LogP contribution in [-0.4, -0.2) is 17.1 Å². The Morgan fingerprint density at radius 3 is 2.38 bits per heavy atom. The molecule has 0 aliphatic rings. The summed E-state index contributed by atoms with van der Waals surface area (Å²) in [6.45, 7) is 0.636. The Labute approximate surface area is 139 Å². The monoisotopic (exact) mass is 324 g/mol. The van der Waals surface area contributed by atoms with E-state index in [1.165, 1.54) is 18.5 Å². The van der Waals surface area contributed by atoms with Gasteiger partial charge >= 0.3 is 0 Å². The van der Waals surface area contributed by atoms with Crippen molar-refractivity contribution in [3.63, 3.8) is 0 Å². The second-order valence-corrected chi connectivity index (χ2v) is 5.12. The number of rotatable bonds is 6. The van der Waals surface area contributed by atoms with Crippen molar-refractivity contribution in [2.45, 2.75) is 6.54 Å². The molecule has 0 atom stereocenters. The zero-order chi connectivity index (χ0) is 16.8. The van der Waals surface area contributed by atoms with Crippen LogP contribution < -0.4 is 15.4 Å². The van der Waals surface area contributed by atoms with Gasteiger partial charge in [0.2, 0.25) is 0 Å². The van der Waals surface area contributed by atoms with Gasteiger partial charge in [0.15, 0.2) is 0 Å². The van der Waals surface area contributed by atoms with Gasteiger partial charge in [-0.1, -0.05) is 12.1 Å². The average Bonchev–Trinajstić information content (AvgIpc) is 2.63. The van der Waals surface area contributed by atoms with Crippen molar-refractivity contribution in [1.82, 2.24) is 9.97 Å². The molecule has 2 N–H and O–H groups in total. The molecule has 1 aromatic heterocycles. The summed E-state index contributed by atoms with van der Waals surface area (Å²) in [5, 5.41) is 6.35. The number of halogens is 1. The SMILES string of the molecule is COc1ccc(CNc2cc(Nc3ccc(F)cc3)ncn2)cc1. The molecular weight excluding hydrogens is 307 g/mol. The van der Waals surface area contributed by atoms with E-state index in [1.807, 2.05) is 24.3 Å². The number of benzene rings is 2. The Kier molecular flexibility index (Phi) is 4.86. The summed E-state index contributed by atoms with van der Waals surface area (Å²) >= 11 is 0. The maximum atomic E-state index is 12.9. The molecular formula is C18H17FN4O. The molecule has 3 rings (SSSR count). The van der Waals surface area contributed by atoms with Gasteiger partial charge in [-0.2, -0.15) is 0 Å². The lowest BCUT2D eigenvalue weighted by molar-refractivity contribution is 0.414. The quantitative estimate of drug-likeness (QED) is 0.718. The van der Waals surface area contributed by atoms with Crippen molar-refractivity contribution in [2.24, 2.45) is 0 Å². The highest BCUT2D eigenvalue weighted by Gasteiger charge is 2.01. The van der Waals surface area contributed by atoms with E-state index >= 15 is 0 Å². The molecule has 0 unspecified atom stereocenters. The van der Waals surface area contributed by atoms with Gasteiger partial charge in [-0.15, -0.1) is 0 Å². The van der Waals surface area contributed by atoms with Gasteiger partial charge in [0, 0.05) is 18.3 Å². The van der Waals surface area contributed by atoms with Gasteiger partial charge in [0.25, 0.3) is 0 Å². The first kappa shape index (κ1) is 15.7. The standard InChI is InChI=1S/C18H17FN4O/c1-24-16-8-2-13(3-9-16)11-20-17-10-18(22-12-21-17)23-15-6-4-14(19)5-7-15/h2-10,12H,11H2,1H3,(H2,20,21,22,23). The topological polar surface area (TPSA) is 59.1 Å². The normalized spacial score (nSPS) is 10.2. The van der Waals surface area contributed by atoms with E-state index in [2.05, 4.69) is 20.6 Å². The molecule has 3 aromatic rings. The van der Waals surface area contributed by atoms with Gasteiger partial charge < -0.3 is 15.4 Å². The fraction of sp³-hybridized carbons (Fsp3) is 0.111. The number of methoxy groups -OCH3 is 1. The number of aromatic nitrogens is 2. The number of ether oxygens (including phenoxy) is 1. The molecule has 0 fully saturated rings. The average molecular weight is 324 g/mol. The van der Waals surface area contributed by atoms with Crippen molar-refractivity contribution in [1.29, 1.82) is 0 Å². The molecule has 2 aromatic carbocycles. The van der Waals surface area contributed by atoms with Crippen molar-refractivity contribution in [2.75, 3.05) is 17.7 Å². The van der Waals surface area contributed by atoms with Crippen molar-refractivity contribution < 1.29 is 9.13 Å². The van der Waals surface area contributed by atoms with Gasteiger partial charge in [0.05, 0.1) is 7.11 Å². The van der Waals surface area contributed by atoms with E-state index in [-0.39, 0.29) is 5.82 Å². The zero-order valence-corrected chi connectivity index (χ0v) is 13.2. The summed E-state index contributed by atoms with van der Waals surface area (Å²) in [6, 6.07) is 15.7. The molecule has 122 valence electrons. The van der Waals surface area contributed by atoms with E-state index in [4.69, 9.17) is 4.74 Å². The van der Waals surface area contributed by atoms with Crippen molar-refractivity contribution >= 4 is 17.3 Å². The fourth-order valence-corrected chi connectivity index (χ4v) is 2.14. The summed E-state index contributed by atoms with van der Waals surface area (Å²) in [5.41, 5.74) is 1.87. The molecule has 0 saturated heterocycles. The Morgan fingerprint density at radius 2 is 1.67 bits per heavy atom. The van der Waals surface area contributed by atoms with Crippen LogP contribution in [0.1, 0.15) is 5.56 Å². The minimum absolute atomic E-state index is 0.273. The van der Waals surface area contributed by atoms with Crippen LogP contribution in [0.3, 0.4) is 0 Å². The van der Waals surface area contributed by atoms with Crippen LogP contribution >= 0.6 is 0 Å². The lowest BCUT2D eigenvalue weighted by atomic mass is 10.2. The first-order chi connectivity index (χ1) is 11.7. The number of hydrogen-bond acceptors (Lipinski definition) is 5. The summed E-state index contributed by atoms with van der Waals surface area (Å²) in [4.78, 5) is 8.36. The Hall–Kier alpha value is -3.15. The second-order valence-electron chi connectivity index (χ2n) is 5.12. The van der Waals surface area contributed by atoms with Crippen molar-refractivity contribution in [3.05, 3.63) is 72.3 Å². The van der Waals surface area contributed by atoms with Crippen LogP contribution in [0.15, 0.2) is 60.9 Å². The van der Waals surface area contributed by atoms with Crippen LogP contribution in [0, 0.1) is 5.82 Å². The lowest BCUT2D eigenvalue weighted by Gasteiger charge is -2.09. The molecule has 0 saturated carbocycles. The molecule has 5 nitrogen and oxygen atoms in total. The number of hydrogen-bond donors (Lipinski definition) is 2. The molecule has 24 heavy (non-hydrogen) atoms. The fourth-order valence-electron chi connectivity index (χ4n) is 2.14. The highest BCUT2D eigenvalue weighted by molar-refractivity contribution is 5.58. The van der Waals surface area contributed by atoms with E-state index in [1.54, 1.807) is 25.3 Å². The Morgan fingerprint density at radius 1 is 0.958 bits per heavy atom. The second kappa shape index (κ2) is 7.41. The van der Waals surface area contributed by atoms with E-state index in [0.717, 1.165) is 17.0 Å². The molecule has 0 radical (unpaired) electrons. The summed E-state index contributed by atoms with van der Waals surface area (Å²) in [6.07, 6.45) is 1.47. The highest BCUT2D eigenvalue weighted by atomic mass is 19.1. The van der Waals surface area contributed by atoms with Crippen LogP contribution in [0.2, 0.25) is 0 Å². The molecule has 0 bridgehead atoms. The number of anilines is 3. The van der Waals surface area contributed by atoms with Gasteiger partial charge in [-0.05, 0) is 42.0 Å². The van der Waals surface area contributed by atoms with Gasteiger partial charge in [0.1, 0.15) is 29.5 Å². The highest BCUT2D eigenvalue weighted by Crippen LogP contribution is 2.17. The van der Waals surface area contributed by atoms with Crippen LogP contribution in [-0.2, 0) is 6.54 Å². The van der Waals surface area contributed by atoms with Crippen LogP contribution in [0.25, 0.3) is 0 Å². The number of nitrogens with zero attached hydrogens (tertiary/aromatic N) is 2. The zero-order valence-electron chi connectivity index (χ0n) is 13.2. The first-order valence-electron chi connectivity index (χ1n) is 7.44. The van der Waals surface area contributed by atoms with Gasteiger partial charge in [-0.25, -0.2) is 14.4 Å². The van der Waals surface area contributed by atoms with Crippen LogP contribution in [0.5, 0.6) is 5.75 Å². The third-order valence-electron chi connectivity index (χ3n) is 3.42. The molecule has 0 aliphatic heterocycles. The smallest absolute Gasteiger partial charge is 0.135 e. The molecule has 0 amide bonds. The summed E-state index contributed by atoms with van der Waals surface area (Å²) in [7, 11) is 1.64. The minimum atomic E-state index is -0.273. The van der Waals surface area contributed by atoms with E-state index in [9.17, 15) is 4.39 Å². The Balaban J connectivity index is 1.63. The molecule has 1 heterocycles. The van der Waals surface area contributed by atoms with E-state index < -0.39 is 0 Å². The van der Waals surface area contributed by atoms with Crippen molar-refractivity contribution in [3.8, 4) is 5.75 Å². The Bertz CT molecular complexity index is 791. The maximum absolute atomic E-state index is 12.9. The minimum Gasteiger partial charge on any atom is -0.497 e. The summed E-state index contributed by atoms with van der Waals surface area (Å²) in [5.74, 6) is 1.89. The third-order valence-corrected chi connectivity index (χ3v) is 3.42. The molecule has 6 heteroatoms. The third kappa shape index (κ3) is 4.19. The predicted molar refractivity (Wildman–Crippen MR) is 92.0 cm³/mol. The largest absolute Gasteiger partial charge is 0.497 e. The lowest BCUT2D eigenvalue weighted by Crippen LogP contribution is -2.03. The molecule has 0 spiro atoms. The predicted octanol–water partition coefficient (Wildman–Crippen LogP) is 3.98. The summed E-state index contributed by atoms with van der Waals surface area (Å²) < 4.78 is 18.1. The first-order valence-corrected chi connectivity index (χ1v) is 7.44. The van der Waals surface area contributed by atoms with E-state index in [0.29, 0.717) is 18.2 Å². The van der Waals surface area contributed by atoms with Gasteiger partial charge in [-0.3, -0.25) is 0 Å². The molecule has 0 aliphatic carbocycles. The number of nitrogens with one attached hydrogen (secondary N) is 2. The maximum Gasteiger partial charge on any atom is 0.135 e.